The zero-order valence-corrected chi connectivity index (χ0v) is 7.79. The predicted octanol–water partition coefficient (Wildman–Crippen LogP) is 2.28. The van der Waals surface area contributed by atoms with Crippen molar-refractivity contribution in [2.45, 2.75) is 0 Å². The van der Waals surface area contributed by atoms with Crippen LogP contribution in [0.4, 0.5) is 0 Å². The van der Waals surface area contributed by atoms with Gasteiger partial charge in [0.1, 0.15) is 17.6 Å². The Bertz CT molecular complexity index is 556. The van der Waals surface area contributed by atoms with Gasteiger partial charge in [-0.25, -0.2) is 9.97 Å². The fourth-order valence-electron chi connectivity index (χ4n) is 1.44. The van der Waals surface area contributed by atoms with Gasteiger partial charge in [0.15, 0.2) is 5.58 Å². The Morgan fingerprint density at radius 2 is 2.00 bits per heavy atom. The van der Waals surface area contributed by atoms with Gasteiger partial charge in [0.25, 0.3) is 0 Å². The molecule has 0 aliphatic carbocycles. The molecule has 15 heavy (non-hydrogen) atoms. The second-order valence-corrected chi connectivity index (χ2v) is 3.12. The van der Waals surface area contributed by atoms with Crippen LogP contribution in [0.25, 0.3) is 22.4 Å². The fraction of sp³-hybridized carbons (Fsp3) is 0. The van der Waals surface area contributed by atoms with E-state index < -0.39 is 0 Å². The van der Waals surface area contributed by atoms with E-state index in [0.29, 0.717) is 0 Å². The second-order valence-electron chi connectivity index (χ2n) is 3.12. The topological polar surface area (TPSA) is 51.8 Å². The standard InChI is InChI=1S/C11H7N3O/c1-2-10-9(14-3-1)4-11(15-10)8-5-12-7-13-6-8/h1-7H. The van der Waals surface area contributed by atoms with Crippen LogP contribution in [0.2, 0.25) is 0 Å². The zero-order chi connectivity index (χ0) is 10.1. The number of furan rings is 1. The van der Waals surface area contributed by atoms with Crippen LogP contribution in [0.1, 0.15) is 0 Å². The van der Waals surface area contributed by atoms with Crippen LogP contribution in [0.5, 0.6) is 0 Å². The van der Waals surface area contributed by atoms with E-state index in [1.165, 1.54) is 6.33 Å². The molecule has 0 unspecified atom stereocenters. The van der Waals surface area contributed by atoms with Crippen LogP contribution in [0, 0.1) is 0 Å². The van der Waals surface area contributed by atoms with E-state index in [4.69, 9.17) is 4.42 Å². The molecule has 3 aromatic heterocycles. The highest BCUT2D eigenvalue weighted by molar-refractivity contribution is 5.78. The molecule has 0 amide bonds. The van der Waals surface area contributed by atoms with Crippen molar-refractivity contribution in [1.82, 2.24) is 15.0 Å². The lowest BCUT2D eigenvalue weighted by Crippen LogP contribution is -1.78. The first-order valence-electron chi connectivity index (χ1n) is 4.53. The van der Waals surface area contributed by atoms with Gasteiger partial charge in [0, 0.05) is 24.7 Å². The van der Waals surface area contributed by atoms with E-state index in [-0.39, 0.29) is 0 Å². The number of hydrogen-bond donors (Lipinski definition) is 0. The van der Waals surface area contributed by atoms with E-state index >= 15 is 0 Å². The van der Waals surface area contributed by atoms with Gasteiger partial charge in [-0.2, -0.15) is 0 Å². The van der Waals surface area contributed by atoms with Crippen molar-refractivity contribution >= 4 is 11.1 Å². The lowest BCUT2D eigenvalue weighted by molar-refractivity contribution is 0.630. The van der Waals surface area contributed by atoms with Crippen molar-refractivity contribution < 1.29 is 4.42 Å². The molecule has 0 N–H and O–H groups in total. The van der Waals surface area contributed by atoms with Crippen LogP contribution >= 0.6 is 0 Å². The first kappa shape index (κ1) is 8.11. The molecular formula is C11H7N3O. The van der Waals surface area contributed by atoms with Crippen molar-refractivity contribution in [2.75, 3.05) is 0 Å². The van der Waals surface area contributed by atoms with Crippen LogP contribution in [-0.2, 0) is 0 Å². The average Bonchev–Trinajstić information content (AvgIpc) is 2.74. The lowest BCUT2D eigenvalue weighted by atomic mass is 10.2. The maximum absolute atomic E-state index is 5.61. The molecular weight excluding hydrogens is 190 g/mol. The summed E-state index contributed by atoms with van der Waals surface area (Å²) in [5.41, 5.74) is 2.48. The Morgan fingerprint density at radius 1 is 1.13 bits per heavy atom. The molecule has 0 fully saturated rings. The molecule has 0 aliphatic rings. The Balaban J connectivity index is 2.21. The molecule has 0 aliphatic heterocycles. The molecule has 0 saturated heterocycles. The Kier molecular flexibility index (Phi) is 1.71. The molecule has 0 radical (unpaired) electrons. The SMILES string of the molecule is c1cnc2cc(-c3cncnc3)oc2c1. The smallest absolute Gasteiger partial charge is 0.153 e. The second kappa shape index (κ2) is 3.16. The van der Waals surface area contributed by atoms with E-state index in [1.54, 1.807) is 18.6 Å². The highest BCUT2D eigenvalue weighted by atomic mass is 16.3. The molecule has 0 atom stereocenters. The first-order valence-corrected chi connectivity index (χ1v) is 4.53. The number of aromatic nitrogens is 3. The summed E-state index contributed by atoms with van der Waals surface area (Å²) in [5.74, 6) is 0.740. The van der Waals surface area contributed by atoms with Crippen LogP contribution in [0.3, 0.4) is 0 Å². The number of nitrogens with zero attached hydrogens (tertiary/aromatic N) is 3. The summed E-state index contributed by atoms with van der Waals surface area (Å²) < 4.78 is 5.61. The summed E-state index contributed by atoms with van der Waals surface area (Å²) in [5, 5.41) is 0. The van der Waals surface area contributed by atoms with Crippen molar-refractivity contribution in [3.05, 3.63) is 43.1 Å². The summed E-state index contributed by atoms with van der Waals surface area (Å²) >= 11 is 0. The molecule has 0 saturated carbocycles. The monoisotopic (exact) mass is 197 g/mol. The largest absolute Gasteiger partial charge is 0.454 e. The van der Waals surface area contributed by atoms with Gasteiger partial charge in [-0.05, 0) is 12.1 Å². The highest BCUT2D eigenvalue weighted by Crippen LogP contribution is 2.24. The summed E-state index contributed by atoms with van der Waals surface area (Å²) in [4.78, 5) is 12.1. The minimum Gasteiger partial charge on any atom is -0.454 e. The Hall–Kier alpha value is -2.23. The normalized spacial score (nSPS) is 10.7. The minimum atomic E-state index is 0.740. The average molecular weight is 197 g/mol. The van der Waals surface area contributed by atoms with Gasteiger partial charge in [-0.3, -0.25) is 4.98 Å². The van der Waals surface area contributed by atoms with E-state index in [0.717, 1.165) is 22.4 Å². The van der Waals surface area contributed by atoms with E-state index in [1.807, 2.05) is 18.2 Å². The molecule has 4 nitrogen and oxygen atoms in total. The molecule has 0 bridgehead atoms. The van der Waals surface area contributed by atoms with Gasteiger partial charge in [-0.1, -0.05) is 0 Å². The zero-order valence-electron chi connectivity index (χ0n) is 7.79. The molecule has 3 aromatic rings. The van der Waals surface area contributed by atoms with Gasteiger partial charge in [0.05, 0.1) is 5.56 Å². The van der Waals surface area contributed by atoms with Gasteiger partial charge < -0.3 is 4.42 Å². The Labute approximate surface area is 85.6 Å². The fourth-order valence-corrected chi connectivity index (χ4v) is 1.44. The predicted molar refractivity (Wildman–Crippen MR) is 55.0 cm³/mol. The molecule has 72 valence electrons. The van der Waals surface area contributed by atoms with Crippen LogP contribution in [-0.4, -0.2) is 15.0 Å². The molecule has 3 rings (SSSR count). The maximum atomic E-state index is 5.61. The number of rotatable bonds is 1. The van der Waals surface area contributed by atoms with Gasteiger partial charge in [0.2, 0.25) is 0 Å². The van der Waals surface area contributed by atoms with Gasteiger partial charge in [-0.15, -0.1) is 0 Å². The number of fused-ring (bicyclic) bond motifs is 1. The molecule has 0 aromatic carbocycles. The first-order chi connectivity index (χ1) is 7.43. The third kappa shape index (κ3) is 1.36. The van der Waals surface area contributed by atoms with Crippen molar-refractivity contribution in [1.29, 1.82) is 0 Å². The van der Waals surface area contributed by atoms with Crippen molar-refractivity contribution in [3.8, 4) is 11.3 Å². The van der Waals surface area contributed by atoms with E-state index in [2.05, 4.69) is 15.0 Å². The van der Waals surface area contributed by atoms with Crippen LogP contribution < -0.4 is 0 Å². The maximum Gasteiger partial charge on any atom is 0.153 e. The summed E-state index contributed by atoms with van der Waals surface area (Å²) in [6, 6.07) is 5.61. The summed E-state index contributed by atoms with van der Waals surface area (Å²) in [6.45, 7) is 0. The van der Waals surface area contributed by atoms with Crippen molar-refractivity contribution in [3.63, 3.8) is 0 Å². The van der Waals surface area contributed by atoms with Crippen LogP contribution in [0.15, 0.2) is 47.5 Å². The third-order valence-electron chi connectivity index (χ3n) is 2.13. The number of hydrogen-bond acceptors (Lipinski definition) is 4. The summed E-state index contributed by atoms with van der Waals surface area (Å²) in [7, 11) is 0. The quantitative estimate of drug-likeness (QED) is 0.600. The summed E-state index contributed by atoms with van der Waals surface area (Å²) in [6.07, 6.45) is 6.66. The molecule has 4 heteroatoms. The van der Waals surface area contributed by atoms with Crippen molar-refractivity contribution in [2.24, 2.45) is 0 Å². The highest BCUT2D eigenvalue weighted by Gasteiger charge is 2.06. The third-order valence-corrected chi connectivity index (χ3v) is 2.13. The molecule has 3 heterocycles. The van der Waals surface area contributed by atoms with E-state index in [9.17, 15) is 0 Å². The Morgan fingerprint density at radius 3 is 2.80 bits per heavy atom. The minimum absolute atomic E-state index is 0.740. The molecule has 0 spiro atoms. The lowest BCUT2D eigenvalue weighted by Gasteiger charge is -1.91. The number of pyridine rings is 1. The van der Waals surface area contributed by atoms with Gasteiger partial charge >= 0.3 is 0 Å².